The molecule has 0 atom stereocenters. The van der Waals surface area contributed by atoms with Crippen molar-refractivity contribution in [2.45, 2.75) is 20.8 Å². The smallest absolute Gasteiger partial charge is 0.252 e. The van der Waals surface area contributed by atoms with Gasteiger partial charge in [-0.25, -0.2) is 0 Å². The Morgan fingerprint density at radius 2 is 1.45 bits per heavy atom. The second-order valence-electron chi connectivity index (χ2n) is 6.90. The van der Waals surface area contributed by atoms with E-state index in [1.165, 1.54) is 0 Å². The van der Waals surface area contributed by atoms with E-state index in [1.807, 2.05) is 63.2 Å². The van der Waals surface area contributed by atoms with Gasteiger partial charge in [0, 0.05) is 10.9 Å². The number of ether oxygens (including phenoxy) is 4. The molecule has 0 heterocycles. The first-order chi connectivity index (χ1) is 16.2. The molecule has 1 N–H and O–H groups in total. The summed E-state index contributed by atoms with van der Waals surface area (Å²) in [7, 11) is 0. The highest BCUT2D eigenvalue weighted by molar-refractivity contribution is 5.95. The normalized spacial score (nSPS) is 10.2. The number of fused-ring (bicyclic) bond motifs is 1. The Balaban J connectivity index is 1.61. The van der Waals surface area contributed by atoms with E-state index in [2.05, 4.69) is 17.2 Å². The van der Waals surface area contributed by atoms with E-state index in [-0.39, 0.29) is 19.1 Å². The number of nitrogens with one attached hydrogen (secondary N) is 1. The van der Waals surface area contributed by atoms with Crippen molar-refractivity contribution in [2.75, 3.05) is 33.0 Å². The fraction of sp³-hybridized carbons (Fsp3) is 0.296. The third kappa shape index (κ3) is 6.33. The van der Waals surface area contributed by atoms with Gasteiger partial charge in [0.2, 0.25) is 5.75 Å². The van der Waals surface area contributed by atoms with Crippen molar-refractivity contribution in [1.82, 2.24) is 5.32 Å². The van der Waals surface area contributed by atoms with Gasteiger partial charge in [-0.1, -0.05) is 48.2 Å². The van der Waals surface area contributed by atoms with Crippen LogP contribution in [0.25, 0.3) is 10.8 Å². The molecule has 3 aromatic carbocycles. The second kappa shape index (κ2) is 12.3. The Labute approximate surface area is 194 Å². The molecule has 0 aliphatic rings. The van der Waals surface area contributed by atoms with Gasteiger partial charge in [-0.2, -0.15) is 0 Å². The summed E-state index contributed by atoms with van der Waals surface area (Å²) in [5.41, 5.74) is 0.416. The van der Waals surface area contributed by atoms with Crippen LogP contribution in [0.3, 0.4) is 0 Å². The van der Waals surface area contributed by atoms with Crippen molar-refractivity contribution in [1.29, 1.82) is 0 Å². The Morgan fingerprint density at radius 1 is 0.788 bits per heavy atom. The topological polar surface area (TPSA) is 66.0 Å². The lowest BCUT2D eigenvalue weighted by molar-refractivity contribution is 0.0957. The van der Waals surface area contributed by atoms with Gasteiger partial charge >= 0.3 is 0 Å². The van der Waals surface area contributed by atoms with Crippen LogP contribution in [-0.4, -0.2) is 38.9 Å². The Bertz CT molecular complexity index is 1110. The number of hydrogen-bond acceptors (Lipinski definition) is 5. The lowest BCUT2D eigenvalue weighted by atomic mass is 10.1. The molecule has 0 aliphatic heterocycles. The van der Waals surface area contributed by atoms with E-state index >= 15 is 0 Å². The van der Waals surface area contributed by atoms with E-state index in [1.54, 1.807) is 12.1 Å². The molecule has 3 rings (SSSR count). The zero-order chi connectivity index (χ0) is 23.5. The van der Waals surface area contributed by atoms with Crippen molar-refractivity contribution in [2.24, 2.45) is 0 Å². The predicted octanol–water partition coefficient (Wildman–Crippen LogP) is 4.85. The van der Waals surface area contributed by atoms with E-state index in [0.29, 0.717) is 42.6 Å². The lowest BCUT2D eigenvalue weighted by Crippen LogP contribution is -2.24. The maximum atomic E-state index is 12.7. The van der Waals surface area contributed by atoms with Gasteiger partial charge in [-0.05, 0) is 44.4 Å². The minimum absolute atomic E-state index is 0.193. The average Bonchev–Trinajstić information content (AvgIpc) is 2.83. The van der Waals surface area contributed by atoms with Gasteiger partial charge in [0.15, 0.2) is 11.5 Å². The van der Waals surface area contributed by atoms with E-state index < -0.39 is 0 Å². The molecule has 0 spiro atoms. The van der Waals surface area contributed by atoms with Gasteiger partial charge in [0.25, 0.3) is 5.91 Å². The molecule has 6 nitrogen and oxygen atoms in total. The molecule has 0 fully saturated rings. The summed E-state index contributed by atoms with van der Waals surface area (Å²) in [6.45, 7) is 7.40. The first-order valence-corrected chi connectivity index (χ1v) is 11.1. The zero-order valence-corrected chi connectivity index (χ0v) is 19.3. The largest absolute Gasteiger partial charge is 0.490 e. The molecule has 0 aromatic heterocycles. The van der Waals surface area contributed by atoms with E-state index in [0.717, 1.165) is 16.5 Å². The molecule has 6 heteroatoms. The molecule has 3 aromatic rings. The molecule has 1 amide bonds. The van der Waals surface area contributed by atoms with Crippen molar-refractivity contribution < 1.29 is 23.7 Å². The monoisotopic (exact) mass is 447 g/mol. The predicted molar refractivity (Wildman–Crippen MR) is 130 cm³/mol. The van der Waals surface area contributed by atoms with Crippen LogP contribution in [0.4, 0.5) is 0 Å². The lowest BCUT2D eigenvalue weighted by Gasteiger charge is -2.16. The van der Waals surface area contributed by atoms with Crippen LogP contribution in [0.1, 0.15) is 31.1 Å². The van der Waals surface area contributed by atoms with Crippen molar-refractivity contribution >= 4 is 16.7 Å². The number of carbonyl (C=O) groups is 1. The number of amides is 1. The summed E-state index contributed by atoms with van der Waals surface area (Å²) in [5.74, 6) is 7.83. The highest BCUT2D eigenvalue weighted by Crippen LogP contribution is 2.39. The van der Waals surface area contributed by atoms with E-state index in [9.17, 15) is 4.79 Å². The van der Waals surface area contributed by atoms with Crippen LogP contribution in [0, 0.1) is 11.8 Å². The van der Waals surface area contributed by atoms with Gasteiger partial charge in [-0.3, -0.25) is 4.79 Å². The Morgan fingerprint density at radius 3 is 2.15 bits per heavy atom. The maximum absolute atomic E-state index is 12.7. The Kier molecular flexibility index (Phi) is 8.84. The summed E-state index contributed by atoms with van der Waals surface area (Å²) in [4.78, 5) is 12.7. The zero-order valence-electron chi connectivity index (χ0n) is 19.3. The number of carbonyl (C=O) groups excluding carboxylic acids is 1. The second-order valence-corrected chi connectivity index (χ2v) is 6.90. The van der Waals surface area contributed by atoms with Gasteiger partial charge in [-0.15, -0.1) is 0 Å². The first kappa shape index (κ1) is 23.8. The standard InChI is InChI=1S/C27H29NO5/c1-4-30-24-18-21(19-25(31-5-2)26(24)32-6-3)27(29)28-16-9-10-17-33-23-15-11-13-20-12-7-8-14-22(20)23/h7-8,11-15,18-19H,4-6,16-17H2,1-3H3,(H,28,29). The number of benzene rings is 3. The summed E-state index contributed by atoms with van der Waals surface area (Å²) in [6, 6.07) is 17.3. The summed E-state index contributed by atoms with van der Waals surface area (Å²) in [6.07, 6.45) is 0. The van der Waals surface area contributed by atoms with Gasteiger partial charge < -0.3 is 24.3 Å². The molecule has 33 heavy (non-hydrogen) atoms. The van der Waals surface area contributed by atoms with Crippen molar-refractivity contribution in [3.8, 4) is 34.8 Å². The fourth-order valence-corrected chi connectivity index (χ4v) is 3.30. The van der Waals surface area contributed by atoms with Crippen LogP contribution in [-0.2, 0) is 0 Å². The average molecular weight is 448 g/mol. The molecule has 0 aliphatic carbocycles. The Hall–Kier alpha value is -3.85. The maximum Gasteiger partial charge on any atom is 0.252 e. The minimum atomic E-state index is -0.274. The highest BCUT2D eigenvalue weighted by Gasteiger charge is 2.18. The van der Waals surface area contributed by atoms with Crippen LogP contribution in [0.5, 0.6) is 23.0 Å². The molecular weight excluding hydrogens is 418 g/mol. The summed E-state index contributed by atoms with van der Waals surface area (Å²) in [5, 5.41) is 4.95. The van der Waals surface area contributed by atoms with Crippen molar-refractivity contribution in [3.63, 3.8) is 0 Å². The molecule has 0 radical (unpaired) electrons. The molecular formula is C27H29NO5. The van der Waals surface area contributed by atoms with Crippen LogP contribution < -0.4 is 24.3 Å². The molecule has 0 bridgehead atoms. The number of hydrogen-bond donors (Lipinski definition) is 1. The van der Waals surface area contributed by atoms with E-state index in [4.69, 9.17) is 18.9 Å². The van der Waals surface area contributed by atoms with Crippen LogP contribution in [0.15, 0.2) is 54.6 Å². The molecule has 0 saturated heterocycles. The minimum Gasteiger partial charge on any atom is -0.490 e. The third-order valence-corrected chi connectivity index (χ3v) is 4.68. The SMILES string of the molecule is CCOc1cc(C(=O)NCC#CCOc2cccc3ccccc23)cc(OCC)c1OCC. The third-order valence-electron chi connectivity index (χ3n) is 4.68. The quantitative estimate of drug-likeness (QED) is 0.450. The summed E-state index contributed by atoms with van der Waals surface area (Å²) >= 11 is 0. The first-order valence-electron chi connectivity index (χ1n) is 11.1. The summed E-state index contributed by atoms with van der Waals surface area (Å²) < 4.78 is 22.8. The highest BCUT2D eigenvalue weighted by atomic mass is 16.5. The van der Waals surface area contributed by atoms with Crippen molar-refractivity contribution in [3.05, 3.63) is 60.2 Å². The fourth-order valence-electron chi connectivity index (χ4n) is 3.30. The van der Waals surface area contributed by atoms with Gasteiger partial charge in [0.1, 0.15) is 12.4 Å². The van der Waals surface area contributed by atoms with Crippen LogP contribution >= 0.6 is 0 Å². The number of rotatable bonds is 10. The molecule has 0 unspecified atom stereocenters. The molecule has 0 saturated carbocycles. The van der Waals surface area contributed by atoms with Gasteiger partial charge in [0.05, 0.1) is 26.4 Å². The van der Waals surface area contributed by atoms with Crippen LogP contribution in [0.2, 0.25) is 0 Å². The molecule has 172 valence electrons.